The van der Waals surface area contributed by atoms with Crippen LogP contribution in [0.1, 0.15) is 11.1 Å². The Morgan fingerprint density at radius 1 is 1.14 bits per heavy atom. The number of carbonyl (C=O) groups is 1. The van der Waals surface area contributed by atoms with Crippen LogP contribution in [0.4, 0.5) is 0 Å². The van der Waals surface area contributed by atoms with Gasteiger partial charge in [-0.3, -0.25) is 9.69 Å². The Hall–Kier alpha value is -1.73. The van der Waals surface area contributed by atoms with E-state index < -0.39 is 0 Å². The minimum absolute atomic E-state index is 0.143. The molecule has 8 heteroatoms. The molecule has 0 bridgehead atoms. The maximum Gasteiger partial charge on any atom is 0.265 e. The number of amides is 1. The maximum absolute atomic E-state index is 12.1. The minimum Gasteiger partial charge on any atom is -0.490 e. The molecule has 1 aliphatic rings. The minimum atomic E-state index is -0.143. The Labute approximate surface area is 183 Å². The Kier molecular flexibility index (Phi) is 6.88. The molecule has 28 heavy (non-hydrogen) atoms. The molecule has 1 aliphatic heterocycles. The fourth-order valence-corrected chi connectivity index (χ4v) is 4.30. The van der Waals surface area contributed by atoms with Crippen molar-refractivity contribution < 1.29 is 14.3 Å². The largest absolute Gasteiger partial charge is 0.490 e. The highest BCUT2D eigenvalue weighted by atomic mass is 35.5. The maximum atomic E-state index is 12.1. The van der Waals surface area contributed by atoms with Gasteiger partial charge < -0.3 is 9.47 Å². The van der Waals surface area contributed by atoms with Gasteiger partial charge in [-0.15, -0.1) is 0 Å². The number of hydrogen-bond donors (Lipinski definition) is 0. The first-order valence-electron chi connectivity index (χ1n) is 8.38. The van der Waals surface area contributed by atoms with Gasteiger partial charge in [-0.05, 0) is 42.3 Å². The van der Waals surface area contributed by atoms with Crippen molar-refractivity contribution in [2.75, 3.05) is 20.3 Å². The van der Waals surface area contributed by atoms with Crippen molar-refractivity contribution in [3.8, 4) is 11.5 Å². The molecule has 0 saturated carbocycles. The van der Waals surface area contributed by atoms with Crippen LogP contribution in [-0.2, 0) is 4.79 Å². The second-order valence-electron chi connectivity index (χ2n) is 6.02. The van der Waals surface area contributed by atoms with Crippen LogP contribution in [-0.4, -0.2) is 35.4 Å². The molecule has 2 aromatic rings. The van der Waals surface area contributed by atoms with E-state index >= 15 is 0 Å². The SMILES string of the molecule is Cc1ccccc1OCCOc1c(Cl)cc(/C=C2\SC(=S)N(C)C2=O)cc1Cl. The number of para-hydroxylation sites is 1. The number of hydrogen-bond acceptors (Lipinski definition) is 5. The van der Waals surface area contributed by atoms with E-state index in [0.717, 1.165) is 11.3 Å². The van der Waals surface area contributed by atoms with Gasteiger partial charge in [0.2, 0.25) is 0 Å². The zero-order valence-corrected chi connectivity index (χ0v) is 18.3. The number of nitrogens with zero attached hydrogens (tertiary/aromatic N) is 1. The van der Waals surface area contributed by atoms with Crippen LogP contribution in [0.2, 0.25) is 10.0 Å². The van der Waals surface area contributed by atoms with Crippen LogP contribution in [0, 0.1) is 6.92 Å². The Morgan fingerprint density at radius 3 is 2.39 bits per heavy atom. The van der Waals surface area contributed by atoms with Gasteiger partial charge in [-0.25, -0.2) is 0 Å². The number of likely N-dealkylation sites (N-methyl/N-ethyl adjacent to an activating group) is 1. The molecule has 0 unspecified atom stereocenters. The first-order valence-corrected chi connectivity index (χ1v) is 10.4. The number of thioether (sulfide) groups is 1. The summed E-state index contributed by atoms with van der Waals surface area (Å²) in [7, 11) is 1.65. The molecular formula is C20H17Cl2NO3S2. The summed E-state index contributed by atoms with van der Waals surface area (Å²) < 4.78 is 11.9. The molecule has 3 rings (SSSR count). The summed E-state index contributed by atoms with van der Waals surface area (Å²) in [6.07, 6.45) is 1.71. The van der Waals surface area contributed by atoms with E-state index in [9.17, 15) is 4.79 Å². The van der Waals surface area contributed by atoms with E-state index in [0.29, 0.717) is 43.8 Å². The molecular weight excluding hydrogens is 437 g/mol. The van der Waals surface area contributed by atoms with Gasteiger partial charge in [-0.2, -0.15) is 0 Å². The van der Waals surface area contributed by atoms with Gasteiger partial charge in [0.15, 0.2) is 5.75 Å². The Balaban J connectivity index is 1.65. The van der Waals surface area contributed by atoms with Gasteiger partial charge in [-0.1, -0.05) is 65.4 Å². The highest BCUT2D eigenvalue weighted by molar-refractivity contribution is 8.26. The standard InChI is InChI=1S/C20H17Cl2NO3S2/c1-12-5-3-4-6-16(12)25-7-8-26-18-14(21)9-13(10-15(18)22)11-17-19(24)23(2)20(27)28-17/h3-6,9-11H,7-8H2,1-2H3/b17-11-. The summed E-state index contributed by atoms with van der Waals surface area (Å²) in [5.41, 5.74) is 1.76. The average molecular weight is 454 g/mol. The molecule has 4 nitrogen and oxygen atoms in total. The van der Waals surface area contributed by atoms with Crippen LogP contribution in [0.5, 0.6) is 11.5 Å². The predicted octanol–water partition coefficient (Wildman–Crippen LogP) is 5.59. The number of carbonyl (C=O) groups excluding carboxylic acids is 1. The van der Waals surface area contributed by atoms with Gasteiger partial charge in [0, 0.05) is 7.05 Å². The lowest BCUT2D eigenvalue weighted by Crippen LogP contribution is -2.22. The highest BCUT2D eigenvalue weighted by Gasteiger charge is 2.28. The monoisotopic (exact) mass is 453 g/mol. The lowest BCUT2D eigenvalue weighted by molar-refractivity contribution is -0.121. The van der Waals surface area contributed by atoms with E-state index in [1.54, 1.807) is 25.3 Å². The van der Waals surface area contributed by atoms with Crippen LogP contribution in [0.3, 0.4) is 0 Å². The normalized spacial score (nSPS) is 15.4. The highest BCUT2D eigenvalue weighted by Crippen LogP contribution is 2.37. The predicted molar refractivity (Wildman–Crippen MR) is 120 cm³/mol. The summed E-state index contributed by atoms with van der Waals surface area (Å²) in [5.74, 6) is 1.06. The number of ether oxygens (including phenoxy) is 2. The summed E-state index contributed by atoms with van der Waals surface area (Å²) in [5, 5.41) is 0.725. The van der Waals surface area contributed by atoms with Crippen LogP contribution >= 0.6 is 47.2 Å². The van der Waals surface area contributed by atoms with Crippen molar-refractivity contribution in [2.24, 2.45) is 0 Å². The molecule has 0 aliphatic carbocycles. The molecule has 2 aromatic carbocycles. The summed E-state index contributed by atoms with van der Waals surface area (Å²) in [4.78, 5) is 14.1. The van der Waals surface area contributed by atoms with Crippen molar-refractivity contribution in [1.29, 1.82) is 0 Å². The van der Waals surface area contributed by atoms with Gasteiger partial charge in [0.05, 0.1) is 15.0 Å². The third-order valence-electron chi connectivity index (χ3n) is 3.99. The van der Waals surface area contributed by atoms with Gasteiger partial charge in [0.25, 0.3) is 5.91 Å². The van der Waals surface area contributed by atoms with Crippen molar-refractivity contribution in [3.63, 3.8) is 0 Å². The Morgan fingerprint density at radius 2 is 1.79 bits per heavy atom. The molecule has 0 radical (unpaired) electrons. The van der Waals surface area contributed by atoms with Crippen molar-refractivity contribution >= 4 is 63.5 Å². The number of benzene rings is 2. The molecule has 1 saturated heterocycles. The molecule has 1 heterocycles. The number of halogens is 2. The van der Waals surface area contributed by atoms with Crippen molar-refractivity contribution in [1.82, 2.24) is 4.90 Å². The second-order valence-corrected chi connectivity index (χ2v) is 8.51. The van der Waals surface area contributed by atoms with Crippen LogP contribution in [0.15, 0.2) is 41.3 Å². The van der Waals surface area contributed by atoms with Crippen LogP contribution in [0.25, 0.3) is 6.08 Å². The smallest absolute Gasteiger partial charge is 0.265 e. The first-order chi connectivity index (χ1) is 13.4. The quantitative estimate of drug-likeness (QED) is 0.323. The fraction of sp³-hybridized carbons (Fsp3) is 0.200. The fourth-order valence-electron chi connectivity index (χ4n) is 2.51. The van der Waals surface area contributed by atoms with E-state index in [2.05, 4.69) is 0 Å². The molecule has 0 spiro atoms. The van der Waals surface area contributed by atoms with Gasteiger partial charge >= 0.3 is 0 Å². The summed E-state index contributed by atoms with van der Waals surface area (Å²) in [6, 6.07) is 11.2. The zero-order chi connectivity index (χ0) is 20.3. The molecule has 1 amide bonds. The van der Waals surface area contributed by atoms with E-state index in [1.807, 2.05) is 31.2 Å². The number of rotatable bonds is 6. The topological polar surface area (TPSA) is 38.8 Å². The number of thiocarbonyl (C=S) groups is 1. The third-order valence-corrected chi connectivity index (χ3v) is 6.03. The molecule has 0 aromatic heterocycles. The molecule has 1 fully saturated rings. The van der Waals surface area contributed by atoms with E-state index in [1.165, 1.54) is 16.7 Å². The number of aryl methyl sites for hydroxylation is 1. The lowest BCUT2D eigenvalue weighted by Gasteiger charge is -2.13. The van der Waals surface area contributed by atoms with Crippen molar-refractivity contribution in [2.45, 2.75) is 6.92 Å². The molecule has 0 N–H and O–H groups in total. The second kappa shape index (κ2) is 9.18. The zero-order valence-electron chi connectivity index (χ0n) is 15.2. The average Bonchev–Trinajstić information content (AvgIpc) is 2.88. The molecule has 146 valence electrons. The Bertz CT molecular complexity index is 939. The lowest BCUT2D eigenvalue weighted by atomic mass is 10.2. The van der Waals surface area contributed by atoms with Crippen molar-refractivity contribution in [3.05, 3.63) is 62.5 Å². The van der Waals surface area contributed by atoms with E-state index in [4.69, 9.17) is 44.9 Å². The summed E-state index contributed by atoms with van der Waals surface area (Å²) >= 11 is 19.0. The van der Waals surface area contributed by atoms with E-state index in [-0.39, 0.29) is 5.91 Å². The van der Waals surface area contributed by atoms with Gasteiger partial charge in [0.1, 0.15) is 23.3 Å². The van der Waals surface area contributed by atoms with Crippen LogP contribution < -0.4 is 9.47 Å². The molecule has 0 atom stereocenters. The third kappa shape index (κ3) is 4.81. The summed E-state index contributed by atoms with van der Waals surface area (Å²) in [6.45, 7) is 2.63. The first kappa shape index (κ1) is 21.0.